The molecule has 1 unspecified atom stereocenters. The highest BCUT2D eigenvalue weighted by atomic mass is 35.5. The van der Waals surface area contributed by atoms with Gasteiger partial charge in [0.15, 0.2) is 0 Å². The molecule has 0 saturated carbocycles. The van der Waals surface area contributed by atoms with E-state index >= 15 is 0 Å². The number of fused-ring (bicyclic) bond motifs is 1. The highest BCUT2D eigenvalue weighted by Crippen LogP contribution is 2.65. The van der Waals surface area contributed by atoms with E-state index < -0.39 is 11.0 Å². The van der Waals surface area contributed by atoms with Gasteiger partial charge in [0.05, 0.1) is 23.1 Å². The van der Waals surface area contributed by atoms with Crippen LogP contribution in [-0.4, -0.2) is 28.7 Å². The van der Waals surface area contributed by atoms with Gasteiger partial charge in [0.2, 0.25) is 0 Å². The SMILES string of the molecule is CCC(CCCNC)N1c2ccccc2N(c2ccc(Cl)cc2)S1(O)O. The average Bonchev–Trinajstić information content (AvgIpc) is 2.86. The van der Waals surface area contributed by atoms with Gasteiger partial charge in [0, 0.05) is 5.02 Å². The summed E-state index contributed by atoms with van der Waals surface area (Å²) in [6.07, 6.45) is 2.70. The molecule has 0 aliphatic carbocycles. The molecule has 5 nitrogen and oxygen atoms in total. The van der Waals surface area contributed by atoms with Gasteiger partial charge in [-0.2, -0.15) is 0 Å². The molecule has 0 bridgehead atoms. The molecule has 1 aliphatic rings. The molecule has 0 fully saturated rings. The van der Waals surface area contributed by atoms with Crippen molar-refractivity contribution in [1.82, 2.24) is 5.32 Å². The van der Waals surface area contributed by atoms with Crippen molar-refractivity contribution in [1.29, 1.82) is 0 Å². The minimum absolute atomic E-state index is 0.0480. The Morgan fingerprint density at radius 3 is 2.35 bits per heavy atom. The van der Waals surface area contributed by atoms with Crippen LogP contribution in [0.15, 0.2) is 48.5 Å². The summed E-state index contributed by atoms with van der Waals surface area (Å²) in [6.45, 7) is 3.00. The van der Waals surface area contributed by atoms with Crippen molar-refractivity contribution in [3.63, 3.8) is 0 Å². The molecule has 1 atom stereocenters. The number of hydrogen-bond acceptors (Lipinski definition) is 5. The van der Waals surface area contributed by atoms with Crippen LogP contribution in [0.4, 0.5) is 17.1 Å². The molecule has 0 amide bonds. The molecule has 0 spiro atoms. The van der Waals surface area contributed by atoms with Crippen molar-refractivity contribution in [2.24, 2.45) is 0 Å². The largest absolute Gasteiger partial charge is 0.320 e. The summed E-state index contributed by atoms with van der Waals surface area (Å²) in [7, 11) is -1.27. The molecule has 142 valence electrons. The maximum atomic E-state index is 11.3. The molecular weight excluding hydrogens is 370 g/mol. The van der Waals surface area contributed by atoms with E-state index in [-0.39, 0.29) is 6.04 Å². The predicted molar refractivity (Wildman–Crippen MR) is 113 cm³/mol. The smallest absolute Gasteiger partial charge is 0.0896 e. The molecular formula is C19H26ClN3O2S. The quantitative estimate of drug-likeness (QED) is 0.528. The van der Waals surface area contributed by atoms with Gasteiger partial charge in [0.25, 0.3) is 0 Å². The normalized spacial score (nSPS) is 17.9. The lowest BCUT2D eigenvalue weighted by Gasteiger charge is -2.47. The number of anilines is 3. The Kier molecular flexibility index (Phi) is 5.99. The Hall–Kier alpha value is -1.44. The second-order valence-electron chi connectivity index (χ2n) is 6.38. The average molecular weight is 396 g/mol. The van der Waals surface area contributed by atoms with Crippen molar-refractivity contribution in [3.05, 3.63) is 53.6 Å². The Labute approximate surface area is 162 Å². The third-order valence-electron chi connectivity index (χ3n) is 4.67. The zero-order valence-electron chi connectivity index (χ0n) is 15.1. The fourth-order valence-corrected chi connectivity index (χ4v) is 5.63. The first kappa shape index (κ1) is 19.3. The Morgan fingerprint density at radius 1 is 1.08 bits per heavy atom. The standard InChI is InChI=1S/C19H26ClN3O2S/c1-3-16(7-6-14-21-2)22-18-8-4-5-9-19(18)23(26(22,24)25)17-12-10-15(20)11-13-17/h4-5,8-13,16,21,24-25H,3,6-7,14H2,1-2H3. The van der Waals surface area contributed by atoms with E-state index in [1.54, 1.807) is 16.4 Å². The van der Waals surface area contributed by atoms with Gasteiger partial charge >= 0.3 is 0 Å². The molecule has 3 N–H and O–H groups in total. The first-order chi connectivity index (χ1) is 12.5. The van der Waals surface area contributed by atoms with E-state index in [1.165, 1.54) is 0 Å². The van der Waals surface area contributed by atoms with Gasteiger partial charge in [-0.15, -0.1) is 0 Å². The second-order valence-corrected chi connectivity index (χ2v) is 8.56. The van der Waals surface area contributed by atoms with Gasteiger partial charge in [-0.25, -0.2) is 8.61 Å². The Morgan fingerprint density at radius 2 is 1.73 bits per heavy atom. The van der Waals surface area contributed by atoms with E-state index in [0.29, 0.717) is 5.02 Å². The lowest BCUT2D eigenvalue weighted by atomic mass is 10.1. The molecule has 2 aromatic rings. The van der Waals surface area contributed by atoms with E-state index in [2.05, 4.69) is 12.2 Å². The molecule has 3 rings (SSSR count). The molecule has 26 heavy (non-hydrogen) atoms. The van der Waals surface area contributed by atoms with E-state index in [0.717, 1.165) is 42.9 Å². The maximum Gasteiger partial charge on any atom is 0.0896 e. The molecule has 1 heterocycles. The minimum atomic E-state index is -3.20. The van der Waals surface area contributed by atoms with Crippen molar-refractivity contribution < 1.29 is 9.11 Å². The number of nitrogens with zero attached hydrogens (tertiary/aromatic N) is 2. The Balaban J connectivity index is 2.02. The number of nitrogens with one attached hydrogen (secondary N) is 1. The van der Waals surface area contributed by atoms with Gasteiger partial charge in [-0.3, -0.25) is 9.11 Å². The van der Waals surface area contributed by atoms with Crippen LogP contribution in [-0.2, 0) is 0 Å². The van der Waals surface area contributed by atoms with Crippen LogP contribution < -0.4 is 13.9 Å². The molecule has 7 heteroatoms. The van der Waals surface area contributed by atoms with Gasteiger partial charge in [-0.1, -0.05) is 30.7 Å². The predicted octanol–water partition coefficient (Wildman–Crippen LogP) is 5.66. The summed E-state index contributed by atoms with van der Waals surface area (Å²) in [5.74, 6) is 0. The lowest BCUT2D eigenvalue weighted by Crippen LogP contribution is -2.39. The zero-order valence-corrected chi connectivity index (χ0v) is 16.7. The van der Waals surface area contributed by atoms with Crippen LogP contribution in [0.1, 0.15) is 26.2 Å². The molecule has 0 saturated heterocycles. The summed E-state index contributed by atoms with van der Waals surface area (Å²) in [5, 5.41) is 3.78. The maximum absolute atomic E-state index is 11.3. The van der Waals surface area contributed by atoms with Crippen LogP contribution in [0.25, 0.3) is 0 Å². The molecule has 0 radical (unpaired) electrons. The highest BCUT2D eigenvalue weighted by molar-refractivity contribution is 8.27. The molecule has 2 aromatic carbocycles. The van der Waals surface area contributed by atoms with E-state index in [4.69, 9.17) is 11.6 Å². The number of benzene rings is 2. The van der Waals surface area contributed by atoms with E-state index in [1.807, 2.05) is 47.8 Å². The third kappa shape index (κ3) is 3.52. The number of rotatable bonds is 7. The van der Waals surface area contributed by atoms with Gasteiger partial charge < -0.3 is 5.32 Å². The van der Waals surface area contributed by atoms with Crippen LogP contribution in [0.5, 0.6) is 0 Å². The topological polar surface area (TPSA) is 59.0 Å². The Bertz CT molecular complexity index is 742. The summed E-state index contributed by atoms with van der Waals surface area (Å²) < 4.78 is 26.0. The lowest BCUT2D eigenvalue weighted by molar-refractivity contribution is 0.463. The fourth-order valence-electron chi connectivity index (χ4n) is 3.43. The number of halogens is 1. The van der Waals surface area contributed by atoms with Gasteiger partial charge in [-0.05, 0) is 80.2 Å². The van der Waals surface area contributed by atoms with Crippen molar-refractivity contribution >= 4 is 39.6 Å². The van der Waals surface area contributed by atoms with Crippen LogP contribution in [0.3, 0.4) is 0 Å². The first-order valence-corrected chi connectivity index (χ1v) is 10.7. The van der Waals surface area contributed by atoms with Crippen molar-refractivity contribution in [2.75, 3.05) is 22.2 Å². The monoisotopic (exact) mass is 395 g/mol. The van der Waals surface area contributed by atoms with Gasteiger partial charge in [0.1, 0.15) is 0 Å². The number of para-hydroxylation sites is 2. The number of hydrogen-bond donors (Lipinski definition) is 3. The first-order valence-electron chi connectivity index (χ1n) is 8.87. The van der Waals surface area contributed by atoms with E-state index in [9.17, 15) is 9.11 Å². The second kappa shape index (κ2) is 8.06. The van der Waals surface area contributed by atoms with Crippen LogP contribution >= 0.6 is 22.6 Å². The van der Waals surface area contributed by atoms with Crippen molar-refractivity contribution in [3.8, 4) is 0 Å². The summed E-state index contributed by atoms with van der Waals surface area (Å²) in [4.78, 5) is 0. The fraction of sp³-hybridized carbons (Fsp3) is 0.368. The summed E-state index contributed by atoms with van der Waals surface area (Å²) in [6, 6.07) is 15.0. The summed E-state index contributed by atoms with van der Waals surface area (Å²) in [5.41, 5.74) is 2.38. The summed E-state index contributed by atoms with van der Waals surface area (Å²) >= 11 is 6.01. The minimum Gasteiger partial charge on any atom is -0.320 e. The van der Waals surface area contributed by atoms with Crippen LogP contribution in [0, 0.1) is 0 Å². The zero-order chi connectivity index (χ0) is 18.7. The molecule has 1 aliphatic heterocycles. The van der Waals surface area contributed by atoms with Crippen LogP contribution in [0.2, 0.25) is 5.02 Å². The highest BCUT2D eigenvalue weighted by Gasteiger charge is 2.44. The van der Waals surface area contributed by atoms with Crippen molar-refractivity contribution in [2.45, 2.75) is 32.2 Å². The molecule has 0 aromatic heterocycles. The third-order valence-corrected chi connectivity index (χ3v) is 6.85.